The zero-order valence-corrected chi connectivity index (χ0v) is 16.8. The number of benzene rings is 3. The second kappa shape index (κ2) is 9.45. The van der Waals surface area contributed by atoms with E-state index in [1.54, 1.807) is 54.6 Å². The second-order valence-electron chi connectivity index (χ2n) is 6.40. The monoisotopic (exact) mass is 420 g/mol. The van der Waals surface area contributed by atoms with E-state index in [1.165, 1.54) is 26.4 Å². The number of anilines is 2. The summed E-state index contributed by atoms with van der Waals surface area (Å²) < 4.78 is 10.4. The highest BCUT2D eigenvalue weighted by Crippen LogP contribution is 2.29. The van der Waals surface area contributed by atoms with E-state index in [9.17, 15) is 19.5 Å². The van der Waals surface area contributed by atoms with Gasteiger partial charge in [-0.1, -0.05) is 12.1 Å². The van der Waals surface area contributed by atoms with Gasteiger partial charge in [-0.15, -0.1) is 0 Å². The molecule has 2 amide bonds. The van der Waals surface area contributed by atoms with Crippen LogP contribution in [0.1, 0.15) is 31.1 Å². The maximum Gasteiger partial charge on any atom is 0.336 e. The average molecular weight is 420 g/mol. The van der Waals surface area contributed by atoms with Crippen molar-refractivity contribution in [3.8, 4) is 11.5 Å². The van der Waals surface area contributed by atoms with Crippen molar-refractivity contribution in [2.75, 3.05) is 24.9 Å². The van der Waals surface area contributed by atoms with E-state index in [1.807, 2.05) is 0 Å². The highest BCUT2D eigenvalue weighted by molar-refractivity contribution is 6.11. The number of carboxylic acids is 1. The minimum atomic E-state index is -1.19. The first-order valence-electron chi connectivity index (χ1n) is 9.20. The smallest absolute Gasteiger partial charge is 0.336 e. The van der Waals surface area contributed by atoms with E-state index >= 15 is 0 Å². The lowest BCUT2D eigenvalue weighted by molar-refractivity contribution is 0.0692. The summed E-state index contributed by atoms with van der Waals surface area (Å²) >= 11 is 0. The molecule has 8 heteroatoms. The minimum Gasteiger partial charge on any atom is -0.497 e. The van der Waals surface area contributed by atoms with Gasteiger partial charge in [-0.05, 0) is 48.5 Å². The molecule has 0 aliphatic rings. The number of hydrogen-bond donors (Lipinski definition) is 3. The molecule has 0 aliphatic heterocycles. The maximum absolute atomic E-state index is 12.6. The summed E-state index contributed by atoms with van der Waals surface area (Å²) in [6, 6.07) is 17.2. The molecule has 0 fully saturated rings. The first kappa shape index (κ1) is 21.4. The number of amides is 2. The number of hydrogen-bond acceptors (Lipinski definition) is 5. The molecule has 0 radical (unpaired) electrons. The fourth-order valence-electron chi connectivity index (χ4n) is 2.87. The summed E-state index contributed by atoms with van der Waals surface area (Å²) in [7, 11) is 3.03. The van der Waals surface area contributed by atoms with Crippen molar-refractivity contribution < 1.29 is 29.0 Å². The molecule has 3 rings (SSSR count). The van der Waals surface area contributed by atoms with Gasteiger partial charge in [-0.2, -0.15) is 0 Å². The summed E-state index contributed by atoms with van der Waals surface area (Å²) in [4.78, 5) is 36.3. The van der Waals surface area contributed by atoms with E-state index in [2.05, 4.69) is 10.6 Å². The molecule has 0 saturated heterocycles. The number of carbonyl (C=O) groups excluding carboxylic acids is 2. The first-order valence-corrected chi connectivity index (χ1v) is 9.20. The van der Waals surface area contributed by atoms with Crippen LogP contribution in [-0.2, 0) is 0 Å². The fraction of sp³-hybridized carbons (Fsp3) is 0.0870. The van der Waals surface area contributed by atoms with Crippen LogP contribution in [0.25, 0.3) is 0 Å². The van der Waals surface area contributed by atoms with Crippen LogP contribution in [0, 0.1) is 0 Å². The third-order valence-corrected chi connectivity index (χ3v) is 4.46. The topological polar surface area (TPSA) is 114 Å². The summed E-state index contributed by atoms with van der Waals surface area (Å²) in [5.74, 6) is -1.06. The Morgan fingerprint density at radius 1 is 0.774 bits per heavy atom. The average Bonchev–Trinajstić information content (AvgIpc) is 2.79. The highest BCUT2D eigenvalue weighted by atomic mass is 16.5. The van der Waals surface area contributed by atoms with Crippen molar-refractivity contribution in [2.24, 2.45) is 0 Å². The van der Waals surface area contributed by atoms with Crippen LogP contribution in [0.3, 0.4) is 0 Å². The lowest BCUT2D eigenvalue weighted by Crippen LogP contribution is -2.16. The van der Waals surface area contributed by atoms with Crippen molar-refractivity contribution in [3.05, 3.63) is 83.4 Å². The number of methoxy groups -OCH3 is 2. The van der Waals surface area contributed by atoms with Gasteiger partial charge in [0, 0.05) is 17.3 Å². The van der Waals surface area contributed by atoms with Gasteiger partial charge in [0.15, 0.2) is 0 Å². The van der Waals surface area contributed by atoms with Gasteiger partial charge in [-0.3, -0.25) is 9.59 Å². The van der Waals surface area contributed by atoms with Crippen LogP contribution in [-0.4, -0.2) is 37.1 Å². The molecule has 0 aromatic heterocycles. The van der Waals surface area contributed by atoms with Crippen LogP contribution in [0.2, 0.25) is 0 Å². The number of carbonyl (C=O) groups is 3. The molecule has 0 unspecified atom stereocenters. The highest BCUT2D eigenvalue weighted by Gasteiger charge is 2.16. The summed E-state index contributed by atoms with van der Waals surface area (Å²) in [6.45, 7) is 0. The van der Waals surface area contributed by atoms with Gasteiger partial charge < -0.3 is 25.2 Å². The Kier molecular flexibility index (Phi) is 6.51. The molecular weight excluding hydrogens is 400 g/mol. The zero-order valence-electron chi connectivity index (χ0n) is 16.8. The Morgan fingerprint density at radius 2 is 1.45 bits per heavy atom. The molecule has 3 aromatic rings. The van der Waals surface area contributed by atoms with Crippen molar-refractivity contribution in [1.82, 2.24) is 0 Å². The van der Waals surface area contributed by atoms with E-state index in [0.29, 0.717) is 28.4 Å². The van der Waals surface area contributed by atoms with E-state index in [-0.39, 0.29) is 17.0 Å². The molecule has 3 N–H and O–H groups in total. The van der Waals surface area contributed by atoms with Gasteiger partial charge in [0.2, 0.25) is 0 Å². The molecule has 0 bridgehead atoms. The van der Waals surface area contributed by atoms with Crippen molar-refractivity contribution in [3.63, 3.8) is 0 Å². The largest absolute Gasteiger partial charge is 0.497 e. The summed E-state index contributed by atoms with van der Waals surface area (Å²) in [5.41, 5.74) is 1.22. The molecule has 0 heterocycles. The van der Waals surface area contributed by atoms with Gasteiger partial charge in [0.25, 0.3) is 11.8 Å². The predicted molar refractivity (Wildman–Crippen MR) is 115 cm³/mol. The van der Waals surface area contributed by atoms with Crippen LogP contribution in [0.4, 0.5) is 11.4 Å². The third-order valence-electron chi connectivity index (χ3n) is 4.46. The SMILES string of the molecule is COc1ccc(NC(=O)c2ccc(NC(=O)c3ccccc3C(=O)O)cc2)c(OC)c1. The normalized spacial score (nSPS) is 10.1. The third kappa shape index (κ3) is 4.99. The van der Waals surface area contributed by atoms with Crippen LogP contribution >= 0.6 is 0 Å². The summed E-state index contributed by atoms with van der Waals surface area (Å²) in [5, 5.41) is 14.6. The fourth-order valence-corrected chi connectivity index (χ4v) is 2.87. The van der Waals surface area contributed by atoms with Gasteiger partial charge in [0.05, 0.1) is 31.0 Å². The maximum atomic E-state index is 12.6. The summed E-state index contributed by atoms with van der Waals surface area (Å²) in [6.07, 6.45) is 0. The Labute approximate surface area is 178 Å². The molecule has 0 atom stereocenters. The van der Waals surface area contributed by atoms with Crippen LogP contribution in [0.5, 0.6) is 11.5 Å². The van der Waals surface area contributed by atoms with Crippen molar-refractivity contribution in [2.45, 2.75) is 0 Å². The lowest BCUT2D eigenvalue weighted by Gasteiger charge is -2.12. The first-order chi connectivity index (χ1) is 14.9. The van der Waals surface area contributed by atoms with Gasteiger partial charge in [-0.25, -0.2) is 4.79 Å². The molecule has 0 aliphatic carbocycles. The number of carboxylic acid groups (broad SMARTS) is 1. The van der Waals surface area contributed by atoms with Crippen molar-refractivity contribution in [1.29, 1.82) is 0 Å². The van der Waals surface area contributed by atoms with Crippen LogP contribution in [0.15, 0.2) is 66.7 Å². The van der Waals surface area contributed by atoms with Crippen molar-refractivity contribution >= 4 is 29.2 Å². The molecule has 0 saturated carbocycles. The lowest BCUT2D eigenvalue weighted by atomic mass is 10.1. The van der Waals surface area contributed by atoms with Gasteiger partial charge in [0.1, 0.15) is 11.5 Å². The number of nitrogens with one attached hydrogen (secondary N) is 2. The molecular formula is C23H20N2O6. The Bertz CT molecular complexity index is 1130. The van der Waals surface area contributed by atoms with E-state index in [4.69, 9.17) is 9.47 Å². The van der Waals surface area contributed by atoms with E-state index < -0.39 is 11.9 Å². The quantitative estimate of drug-likeness (QED) is 0.534. The Hall–Kier alpha value is -4.33. The number of rotatable bonds is 7. The molecule has 158 valence electrons. The minimum absolute atomic E-state index is 0.0448. The predicted octanol–water partition coefficient (Wildman–Crippen LogP) is 3.91. The van der Waals surface area contributed by atoms with E-state index in [0.717, 1.165) is 0 Å². The number of ether oxygens (including phenoxy) is 2. The second-order valence-corrected chi connectivity index (χ2v) is 6.40. The molecule has 31 heavy (non-hydrogen) atoms. The van der Waals surface area contributed by atoms with Crippen LogP contribution < -0.4 is 20.1 Å². The van der Waals surface area contributed by atoms with Gasteiger partial charge >= 0.3 is 5.97 Å². The molecule has 0 spiro atoms. The standard InChI is InChI=1S/C23H20N2O6/c1-30-16-11-12-19(20(13-16)31-2)25-21(26)14-7-9-15(10-8-14)24-22(27)17-5-3-4-6-18(17)23(28)29/h3-13H,1-2H3,(H,24,27)(H,25,26)(H,28,29). The molecule has 3 aromatic carbocycles. The molecule has 8 nitrogen and oxygen atoms in total. The number of aromatic carboxylic acids is 1. The zero-order chi connectivity index (χ0) is 22.4. The Balaban J connectivity index is 1.71. The Morgan fingerprint density at radius 3 is 2.06 bits per heavy atom.